The van der Waals surface area contributed by atoms with E-state index in [1.165, 1.54) is 13.4 Å². The Labute approximate surface area is 199 Å². The number of nitrogen functional groups attached to an aromatic ring is 1. The van der Waals surface area contributed by atoms with Crippen molar-refractivity contribution in [2.75, 3.05) is 19.5 Å². The van der Waals surface area contributed by atoms with Crippen molar-refractivity contribution in [1.82, 2.24) is 29.6 Å². The number of ether oxygens (including phenoxy) is 1. The Morgan fingerprint density at radius 1 is 1.40 bits per heavy atom. The van der Waals surface area contributed by atoms with Crippen LogP contribution in [-0.4, -0.2) is 55.1 Å². The van der Waals surface area contributed by atoms with E-state index < -0.39 is 19.8 Å². The molecule has 1 saturated carbocycles. The fraction of sp³-hybridized carbons (Fsp3) is 0.273. The molecule has 0 amide bonds. The highest BCUT2D eigenvalue weighted by molar-refractivity contribution is 7.50. The molecule has 182 valence electrons. The number of aromatic nitrogens is 5. The van der Waals surface area contributed by atoms with E-state index in [2.05, 4.69) is 25.0 Å². The highest BCUT2D eigenvalue weighted by atomic mass is 31.2. The summed E-state index contributed by atoms with van der Waals surface area (Å²) in [6.45, 7) is 0.0113. The fourth-order valence-electron chi connectivity index (χ4n) is 3.96. The summed E-state index contributed by atoms with van der Waals surface area (Å²) in [6, 6.07) is 6.54. The van der Waals surface area contributed by atoms with Gasteiger partial charge in [-0.1, -0.05) is 18.2 Å². The molecule has 0 spiro atoms. The van der Waals surface area contributed by atoms with Crippen molar-refractivity contribution in [3.05, 3.63) is 54.3 Å². The zero-order valence-corrected chi connectivity index (χ0v) is 19.7. The van der Waals surface area contributed by atoms with Crippen LogP contribution in [0.4, 0.5) is 5.82 Å². The lowest BCUT2D eigenvalue weighted by Gasteiger charge is -2.20. The number of carbonyl (C=O) groups is 1. The minimum atomic E-state index is -4.30. The zero-order chi connectivity index (χ0) is 24.6. The maximum atomic E-state index is 12.7. The lowest BCUT2D eigenvalue weighted by atomic mass is 10.1. The van der Waals surface area contributed by atoms with Crippen molar-refractivity contribution in [3.8, 4) is 0 Å². The first-order chi connectivity index (χ1) is 16.8. The molecule has 0 radical (unpaired) electrons. The topological polar surface area (TPSA) is 170 Å². The van der Waals surface area contributed by atoms with E-state index in [1.807, 2.05) is 30.5 Å². The van der Waals surface area contributed by atoms with Gasteiger partial charge in [-0.05, 0) is 23.6 Å². The number of fused-ring (bicyclic) bond motifs is 2. The summed E-state index contributed by atoms with van der Waals surface area (Å²) < 4.78 is 24.6. The first-order valence-corrected chi connectivity index (χ1v) is 12.4. The Morgan fingerprint density at radius 2 is 2.23 bits per heavy atom. The van der Waals surface area contributed by atoms with Crippen molar-refractivity contribution >= 4 is 47.8 Å². The summed E-state index contributed by atoms with van der Waals surface area (Å²) >= 11 is 0. The molecule has 1 fully saturated rings. The van der Waals surface area contributed by atoms with Gasteiger partial charge in [0.15, 0.2) is 17.0 Å². The van der Waals surface area contributed by atoms with Crippen LogP contribution in [0.25, 0.3) is 28.3 Å². The number of benzene rings is 1. The van der Waals surface area contributed by atoms with Gasteiger partial charge < -0.3 is 20.3 Å². The SMILES string of the molecule is COC(=O)C(Cc1c[nH]c2ccccc12)NP(=O)(O)OCC1C/C1=C\n1cnc2c(N)ncnc21. The first-order valence-electron chi connectivity index (χ1n) is 10.9. The van der Waals surface area contributed by atoms with Crippen molar-refractivity contribution in [3.63, 3.8) is 0 Å². The number of H-pyrrole nitrogens is 1. The first kappa shape index (κ1) is 23.2. The van der Waals surface area contributed by atoms with E-state index in [9.17, 15) is 14.3 Å². The van der Waals surface area contributed by atoms with Crippen LogP contribution in [0.1, 0.15) is 12.0 Å². The summed E-state index contributed by atoms with van der Waals surface area (Å²) in [5.74, 6) is -0.407. The maximum absolute atomic E-state index is 12.7. The summed E-state index contributed by atoms with van der Waals surface area (Å²) in [4.78, 5) is 38.2. The van der Waals surface area contributed by atoms with Gasteiger partial charge in [-0.2, -0.15) is 0 Å². The molecule has 0 saturated heterocycles. The quantitative estimate of drug-likeness (QED) is 0.199. The van der Waals surface area contributed by atoms with Gasteiger partial charge in [0.1, 0.15) is 18.7 Å². The van der Waals surface area contributed by atoms with E-state index in [0.29, 0.717) is 23.4 Å². The normalized spacial score (nSPS) is 19.1. The summed E-state index contributed by atoms with van der Waals surface area (Å²) in [7, 11) is -3.06. The van der Waals surface area contributed by atoms with E-state index in [0.717, 1.165) is 22.0 Å². The monoisotopic (exact) mass is 497 g/mol. The number of rotatable bonds is 9. The number of carbonyl (C=O) groups excluding carboxylic acids is 1. The highest BCUT2D eigenvalue weighted by Gasteiger charge is 2.35. The molecule has 3 aromatic heterocycles. The number of esters is 1. The third-order valence-electron chi connectivity index (χ3n) is 5.89. The number of nitrogens with one attached hydrogen (secondary N) is 2. The number of hydrogen-bond donors (Lipinski definition) is 4. The predicted octanol–water partition coefficient (Wildman–Crippen LogP) is 2.24. The smallest absolute Gasteiger partial charge is 0.403 e. The van der Waals surface area contributed by atoms with E-state index in [-0.39, 0.29) is 18.9 Å². The van der Waals surface area contributed by atoms with Crippen molar-refractivity contribution in [2.45, 2.75) is 18.9 Å². The number of methoxy groups -OCH3 is 1. The summed E-state index contributed by atoms with van der Waals surface area (Å²) in [5.41, 5.74) is 9.61. The van der Waals surface area contributed by atoms with Crippen LogP contribution in [0.15, 0.2) is 48.7 Å². The lowest BCUT2D eigenvalue weighted by Crippen LogP contribution is -2.38. The van der Waals surface area contributed by atoms with Gasteiger partial charge in [0.2, 0.25) is 0 Å². The molecule has 3 heterocycles. The second kappa shape index (κ2) is 9.23. The molecule has 3 unspecified atom stereocenters. The second-order valence-electron chi connectivity index (χ2n) is 8.27. The molecule has 13 heteroatoms. The van der Waals surface area contributed by atoms with Gasteiger partial charge in [-0.25, -0.2) is 24.6 Å². The fourth-order valence-corrected chi connectivity index (χ4v) is 5.01. The van der Waals surface area contributed by atoms with Crippen LogP contribution in [0, 0.1) is 5.92 Å². The number of imidazole rings is 1. The number of nitrogens with zero attached hydrogens (tertiary/aromatic N) is 4. The molecule has 4 aromatic rings. The van der Waals surface area contributed by atoms with Crippen LogP contribution >= 0.6 is 7.75 Å². The third-order valence-corrected chi connectivity index (χ3v) is 7.03. The highest BCUT2D eigenvalue weighted by Crippen LogP contribution is 2.45. The Hall–Kier alpha value is -3.57. The Balaban J connectivity index is 1.22. The molecule has 3 atom stereocenters. The van der Waals surface area contributed by atoms with Gasteiger partial charge >= 0.3 is 13.7 Å². The zero-order valence-electron chi connectivity index (χ0n) is 18.8. The Kier molecular flexibility index (Phi) is 6.12. The molecule has 1 aliphatic carbocycles. The number of para-hydroxylation sites is 1. The molecular formula is C22H24N7O5P. The van der Waals surface area contributed by atoms with Gasteiger partial charge in [-0.3, -0.25) is 13.9 Å². The maximum Gasteiger partial charge on any atom is 0.403 e. The standard InChI is InChI=1S/C22H24N7O5P/c1-33-22(30)18(7-13-8-24-17-5-3-2-4-16(13)17)28-35(31,32)34-10-15-6-14(15)9-29-12-27-19-20(23)25-11-26-21(19)29/h2-5,8-9,11-12,15,18,24H,6-7,10H2,1H3,(H2,23,25,26)(H2,28,31,32)/b14-9+. The van der Waals surface area contributed by atoms with E-state index >= 15 is 0 Å². The van der Waals surface area contributed by atoms with Crippen molar-refractivity contribution < 1.29 is 23.5 Å². The number of anilines is 1. The average molecular weight is 497 g/mol. The molecule has 5 N–H and O–H groups in total. The third kappa shape index (κ3) is 4.96. The van der Waals surface area contributed by atoms with Crippen LogP contribution in [0.2, 0.25) is 0 Å². The molecule has 1 aliphatic rings. The number of nitrogens with two attached hydrogens (primary N) is 1. The minimum absolute atomic E-state index is 0.0113. The Bertz CT molecular complexity index is 1480. The minimum Gasteiger partial charge on any atom is -0.468 e. The molecule has 35 heavy (non-hydrogen) atoms. The van der Waals surface area contributed by atoms with E-state index in [4.69, 9.17) is 15.0 Å². The summed E-state index contributed by atoms with van der Waals surface area (Å²) in [6.07, 6.45) is 7.41. The molecule has 1 aromatic carbocycles. The van der Waals surface area contributed by atoms with Gasteiger partial charge in [-0.15, -0.1) is 0 Å². The summed E-state index contributed by atoms with van der Waals surface area (Å²) in [5, 5.41) is 3.38. The van der Waals surface area contributed by atoms with Gasteiger partial charge in [0.05, 0.1) is 13.7 Å². The molecule has 0 aliphatic heterocycles. The van der Waals surface area contributed by atoms with Gasteiger partial charge in [0, 0.05) is 35.6 Å². The van der Waals surface area contributed by atoms with Crippen molar-refractivity contribution in [1.29, 1.82) is 0 Å². The number of hydrogen-bond acceptors (Lipinski definition) is 8. The molecule has 12 nitrogen and oxygen atoms in total. The molecular weight excluding hydrogens is 473 g/mol. The predicted molar refractivity (Wildman–Crippen MR) is 129 cm³/mol. The van der Waals surface area contributed by atoms with Crippen LogP contribution < -0.4 is 10.8 Å². The van der Waals surface area contributed by atoms with E-state index in [1.54, 1.807) is 17.1 Å². The molecule has 0 bridgehead atoms. The second-order valence-corrected chi connectivity index (χ2v) is 9.83. The average Bonchev–Trinajstić information content (AvgIpc) is 3.25. The number of aromatic amines is 1. The molecule has 5 rings (SSSR count). The van der Waals surface area contributed by atoms with Gasteiger partial charge in [0.25, 0.3) is 0 Å². The van der Waals surface area contributed by atoms with Crippen LogP contribution in [0.5, 0.6) is 0 Å². The van der Waals surface area contributed by atoms with Crippen LogP contribution in [0.3, 0.4) is 0 Å². The van der Waals surface area contributed by atoms with Crippen LogP contribution in [-0.2, 0) is 25.0 Å². The lowest BCUT2D eigenvalue weighted by molar-refractivity contribution is -0.142. The largest absolute Gasteiger partial charge is 0.468 e. The Morgan fingerprint density at radius 3 is 3.06 bits per heavy atom. The van der Waals surface area contributed by atoms with Crippen molar-refractivity contribution in [2.24, 2.45) is 5.92 Å².